The maximum Gasteiger partial charge on any atom is 0.335 e. The van der Waals surface area contributed by atoms with Crippen LogP contribution in [0, 0.1) is 5.92 Å². The van der Waals surface area contributed by atoms with Crippen LogP contribution in [0.1, 0.15) is 53.9 Å². The number of hydrogen-bond donors (Lipinski definition) is 2. The quantitative estimate of drug-likeness (QED) is 0.639. The van der Waals surface area contributed by atoms with Crippen LogP contribution in [0.4, 0.5) is 0 Å². The van der Waals surface area contributed by atoms with Gasteiger partial charge in [0.05, 0.1) is 24.5 Å². The summed E-state index contributed by atoms with van der Waals surface area (Å²) in [7, 11) is 0. The third kappa shape index (κ3) is 3.18. The minimum absolute atomic E-state index is 0.0265. The Hall–Kier alpha value is -2.79. The summed E-state index contributed by atoms with van der Waals surface area (Å²) in [6, 6.07) is 13.6. The van der Waals surface area contributed by atoms with E-state index >= 15 is 0 Å². The van der Waals surface area contributed by atoms with Crippen molar-refractivity contribution < 1.29 is 19.7 Å². The van der Waals surface area contributed by atoms with E-state index in [4.69, 9.17) is 4.74 Å². The normalized spacial score (nSPS) is 19.4. The van der Waals surface area contributed by atoms with E-state index in [1.807, 2.05) is 24.3 Å². The molecule has 1 fully saturated rings. The summed E-state index contributed by atoms with van der Waals surface area (Å²) in [5, 5.41) is 20.7. The predicted molar refractivity (Wildman–Crippen MR) is 116 cm³/mol. The van der Waals surface area contributed by atoms with Crippen LogP contribution in [-0.2, 0) is 6.54 Å². The van der Waals surface area contributed by atoms with Crippen LogP contribution in [-0.4, -0.2) is 34.0 Å². The van der Waals surface area contributed by atoms with Crippen LogP contribution in [0.2, 0.25) is 0 Å². The van der Waals surface area contributed by atoms with Crippen molar-refractivity contribution in [3.8, 4) is 17.0 Å². The lowest BCUT2D eigenvalue weighted by Gasteiger charge is -2.27. The molecule has 0 radical (unpaired) electrons. The highest BCUT2D eigenvalue weighted by Crippen LogP contribution is 2.47. The van der Waals surface area contributed by atoms with Gasteiger partial charge < -0.3 is 19.5 Å². The predicted octanol–water partition coefficient (Wildman–Crippen LogP) is 5.06. The molecule has 30 heavy (non-hydrogen) atoms. The van der Waals surface area contributed by atoms with E-state index < -0.39 is 5.97 Å². The number of nitrogens with zero attached hydrogens (tertiary/aromatic N) is 1. The number of aliphatic hydroxyl groups is 1. The number of hydrogen-bond acceptors (Lipinski definition) is 3. The highest BCUT2D eigenvalue weighted by atomic mass is 16.5. The fraction of sp³-hybridized carbons (Fsp3) is 0.400. The van der Waals surface area contributed by atoms with Gasteiger partial charge in [-0.1, -0.05) is 37.5 Å². The van der Waals surface area contributed by atoms with Gasteiger partial charge in [0.1, 0.15) is 5.75 Å². The molecule has 156 valence electrons. The van der Waals surface area contributed by atoms with Gasteiger partial charge in [-0.2, -0.15) is 0 Å². The number of aromatic nitrogens is 1. The van der Waals surface area contributed by atoms with Crippen molar-refractivity contribution in [3.05, 3.63) is 53.6 Å². The first-order valence-corrected chi connectivity index (χ1v) is 10.9. The molecule has 1 aliphatic heterocycles. The summed E-state index contributed by atoms with van der Waals surface area (Å²) in [4.78, 5) is 11.7. The van der Waals surface area contributed by atoms with Crippen molar-refractivity contribution in [2.45, 2.75) is 44.6 Å². The van der Waals surface area contributed by atoms with Gasteiger partial charge in [-0.25, -0.2) is 4.79 Å². The number of carbonyl (C=O) groups is 1. The minimum atomic E-state index is -0.917. The molecule has 0 unspecified atom stereocenters. The second-order valence-corrected chi connectivity index (χ2v) is 8.60. The highest BCUT2D eigenvalue weighted by Gasteiger charge is 2.30. The second kappa shape index (κ2) is 7.80. The molecule has 2 aliphatic rings. The SMILES string of the molecule is O=C(O)c1ccc2c(C3CCCCC3)c3n(c2c1)C[C@H](CO)COc1ccccc1-3. The summed E-state index contributed by atoms with van der Waals surface area (Å²) in [5.41, 5.74) is 4.75. The fourth-order valence-electron chi connectivity index (χ4n) is 5.21. The van der Waals surface area contributed by atoms with E-state index in [0.29, 0.717) is 24.6 Å². The molecule has 3 aromatic rings. The lowest BCUT2D eigenvalue weighted by atomic mass is 9.81. The van der Waals surface area contributed by atoms with Crippen LogP contribution in [0.5, 0.6) is 5.75 Å². The smallest absolute Gasteiger partial charge is 0.335 e. The molecule has 5 nitrogen and oxygen atoms in total. The number of carboxylic acid groups (broad SMARTS) is 1. The van der Waals surface area contributed by atoms with Crippen molar-refractivity contribution in [2.24, 2.45) is 5.92 Å². The first kappa shape index (κ1) is 19.2. The Balaban J connectivity index is 1.84. The molecular formula is C25H27NO4. The molecule has 0 bridgehead atoms. The number of para-hydroxylation sites is 1. The van der Waals surface area contributed by atoms with Gasteiger partial charge in [0.2, 0.25) is 0 Å². The molecular weight excluding hydrogens is 378 g/mol. The van der Waals surface area contributed by atoms with Crippen molar-refractivity contribution >= 4 is 16.9 Å². The topological polar surface area (TPSA) is 71.7 Å². The van der Waals surface area contributed by atoms with Crippen LogP contribution in [0.3, 0.4) is 0 Å². The molecule has 2 aromatic carbocycles. The Kier molecular flexibility index (Phi) is 4.99. The Morgan fingerprint density at radius 3 is 2.67 bits per heavy atom. The van der Waals surface area contributed by atoms with Gasteiger partial charge in [-0.3, -0.25) is 0 Å². The van der Waals surface area contributed by atoms with Crippen molar-refractivity contribution in [1.82, 2.24) is 4.57 Å². The molecule has 1 saturated carbocycles. The summed E-state index contributed by atoms with van der Waals surface area (Å²) >= 11 is 0. The number of benzene rings is 2. The molecule has 0 saturated heterocycles. The Morgan fingerprint density at radius 1 is 1.10 bits per heavy atom. The molecule has 2 N–H and O–H groups in total. The Bertz CT molecular complexity index is 1090. The van der Waals surface area contributed by atoms with E-state index in [-0.39, 0.29) is 12.5 Å². The average molecular weight is 405 g/mol. The molecule has 1 atom stereocenters. The molecule has 2 heterocycles. The summed E-state index contributed by atoms with van der Waals surface area (Å²) in [6.07, 6.45) is 6.03. The third-order valence-corrected chi connectivity index (χ3v) is 6.68. The van der Waals surface area contributed by atoms with Gasteiger partial charge in [0, 0.05) is 28.9 Å². The third-order valence-electron chi connectivity index (χ3n) is 6.68. The molecule has 0 spiro atoms. The fourth-order valence-corrected chi connectivity index (χ4v) is 5.21. The van der Waals surface area contributed by atoms with Crippen LogP contribution in [0.25, 0.3) is 22.2 Å². The maximum atomic E-state index is 11.7. The number of carboxylic acids is 1. The van der Waals surface area contributed by atoms with Gasteiger partial charge in [-0.15, -0.1) is 0 Å². The van der Waals surface area contributed by atoms with Gasteiger partial charge >= 0.3 is 5.97 Å². The number of aliphatic hydroxyl groups excluding tert-OH is 1. The van der Waals surface area contributed by atoms with E-state index in [1.54, 1.807) is 12.1 Å². The largest absolute Gasteiger partial charge is 0.492 e. The van der Waals surface area contributed by atoms with Gasteiger partial charge in [-0.05, 0) is 48.6 Å². The monoisotopic (exact) mass is 405 g/mol. The van der Waals surface area contributed by atoms with E-state index in [2.05, 4.69) is 10.6 Å². The zero-order valence-electron chi connectivity index (χ0n) is 17.0. The summed E-state index contributed by atoms with van der Waals surface area (Å²) in [5.74, 6) is 0.309. The van der Waals surface area contributed by atoms with Crippen molar-refractivity contribution in [3.63, 3.8) is 0 Å². The standard InChI is InChI=1S/C25H27NO4/c27-14-16-13-26-21-12-18(25(28)29)10-11-19(21)23(17-6-2-1-3-7-17)24(26)20-8-4-5-9-22(20)30-15-16/h4-5,8-12,16-17,27H,1-3,6-7,13-15H2,(H,28,29)/t16-/m1/s1. The Morgan fingerprint density at radius 2 is 1.90 bits per heavy atom. The van der Waals surface area contributed by atoms with Crippen LogP contribution >= 0.6 is 0 Å². The second-order valence-electron chi connectivity index (χ2n) is 8.60. The molecule has 1 aromatic heterocycles. The summed E-state index contributed by atoms with van der Waals surface area (Å²) < 4.78 is 8.37. The lowest BCUT2D eigenvalue weighted by Crippen LogP contribution is -2.24. The van der Waals surface area contributed by atoms with Crippen LogP contribution in [0.15, 0.2) is 42.5 Å². The molecule has 0 amide bonds. The zero-order chi connectivity index (χ0) is 20.7. The van der Waals surface area contributed by atoms with E-state index in [9.17, 15) is 15.0 Å². The van der Waals surface area contributed by atoms with E-state index in [0.717, 1.165) is 40.8 Å². The van der Waals surface area contributed by atoms with Gasteiger partial charge in [0.25, 0.3) is 0 Å². The van der Waals surface area contributed by atoms with Crippen molar-refractivity contribution in [1.29, 1.82) is 0 Å². The average Bonchev–Trinajstić information content (AvgIpc) is 3.08. The lowest BCUT2D eigenvalue weighted by molar-refractivity contribution is 0.0697. The Labute approximate surface area is 175 Å². The summed E-state index contributed by atoms with van der Waals surface area (Å²) in [6.45, 7) is 1.06. The first-order valence-electron chi connectivity index (χ1n) is 10.9. The molecule has 1 aliphatic carbocycles. The number of fused-ring (bicyclic) bond motifs is 5. The number of ether oxygens (including phenoxy) is 1. The number of rotatable bonds is 3. The molecule has 5 rings (SSSR count). The van der Waals surface area contributed by atoms with Gasteiger partial charge in [0.15, 0.2) is 0 Å². The van der Waals surface area contributed by atoms with Crippen LogP contribution < -0.4 is 4.74 Å². The highest BCUT2D eigenvalue weighted by molar-refractivity contribution is 5.98. The molecule has 5 heteroatoms. The minimum Gasteiger partial charge on any atom is -0.492 e. The number of aromatic carboxylic acids is 1. The van der Waals surface area contributed by atoms with E-state index in [1.165, 1.54) is 24.8 Å². The first-order chi connectivity index (χ1) is 14.7. The van der Waals surface area contributed by atoms with Crippen molar-refractivity contribution in [2.75, 3.05) is 13.2 Å². The maximum absolute atomic E-state index is 11.7. The zero-order valence-corrected chi connectivity index (χ0v) is 17.0.